The third kappa shape index (κ3) is 3.62. The number of fused-ring (bicyclic) bond motifs is 1. The molecule has 0 radical (unpaired) electrons. The van der Waals surface area contributed by atoms with E-state index in [0.717, 1.165) is 18.4 Å². The van der Waals surface area contributed by atoms with Crippen LogP contribution in [0.15, 0.2) is 67.1 Å². The maximum atomic E-state index is 13.1. The van der Waals surface area contributed by atoms with E-state index in [1.807, 2.05) is 24.3 Å². The number of aromatic nitrogens is 1. The van der Waals surface area contributed by atoms with Gasteiger partial charge < -0.3 is 9.67 Å². The first-order valence-electron chi connectivity index (χ1n) is 7.81. The number of hydrogen-bond acceptors (Lipinski definition) is 1. The van der Waals surface area contributed by atoms with Gasteiger partial charge in [0.05, 0.1) is 5.76 Å². The molecule has 118 valence electrons. The third-order valence-electron chi connectivity index (χ3n) is 4.05. The average molecular weight is 309 g/mol. The van der Waals surface area contributed by atoms with Crippen LogP contribution >= 0.6 is 0 Å². The summed E-state index contributed by atoms with van der Waals surface area (Å²) in [5.74, 6) is 0.0242. The summed E-state index contributed by atoms with van der Waals surface area (Å²) in [5.41, 5.74) is 3.51. The lowest BCUT2D eigenvalue weighted by molar-refractivity contribution is 0.387. The molecule has 2 aromatic carbocycles. The van der Waals surface area contributed by atoms with E-state index >= 15 is 0 Å². The molecule has 0 fully saturated rings. The van der Waals surface area contributed by atoms with Crippen molar-refractivity contribution in [3.8, 4) is 0 Å². The topological polar surface area (TPSA) is 25.2 Å². The Kier molecular flexibility index (Phi) is 4.47. The second-order valence-corrected chi connectivity index (χ2v) is 5.85. The second kappa shape index (κ2) is 6.69. The molecule has 0 atom stereocenters. The van der Waals surface area contributed by atoms with Crippen LogP contribution < -0.4 is 0 Å². The largest absolute Gasteiger partial charge is 0.513 e. The van der Waals surface area contributed by atoms with Gasteiger partial charge in [0.2, 0.25) is 0 Å². The van der Waals surface area contributed by atoms with Crippen molar-refractivity contribution in [1.29, 1.82) is 0 Å². The summed E-state index contributed by atoms with van der Waals surface area (Å²) in [6.07, 6.45) is 4.56. The van der Waals surface area contributed by atoms with Crippen molar-refractivity contribution < 1.29 is 9.50 Å². The Labute approximate surface area is 135 Å². The summed E-state index contributed by atoms with van der Waals surface area (Å²) in [6.45, 7) is 4.25. The fourth-order valence-corrected chi connectivity index (χ4v) is 2.92. The predicted molar refractivity (Wildman–Crippen MR) is 92.1 cm³/mol. The van der Waals surface area contributed by atoms with Crippen LogP contribution in [0.3, 0.4) is 0 Å². The van der Waals surface area contributed by atoms with Crippen LogP contribution in [0, 0.1) is 5.82 Å². The molecule has 0 saturated carbocycles. The Morgan fingerprint density at radius 2 is 1.83 bits per heavy atom. The van der Waals surface area contributed by atoms with E-state index in [2.05, 4.69) is 29.5 Å². The second-order valence-electron chi connectivity index (χ2n) is 5.85. The van der Waals surface area contributed by atoms with Crippen molar-refractivity contribution in [2.75, 3.05) is 0 Å². The van der Waals surface area contributed by atoms with Crippen molar-refractivity contribution >= 4 is 10.9 Å². The van der Waals surface area contributed by atoms with Crippen LogP contribution in [-0.2, 0) is 13.0 Å². The Hall–Kier alpha value is -2.55. The maximum absolute atomic E-state index is 13.1. The van der Waals surface area contributed by atoms with Gasteiger partial charge in [-0.2, -0.15) is 0 Å². The van der Waals surface area contributed by atoms with Crippen LogP contribution in [0.5, 0.6) is 0 Å². The number of hydrogen-bond donors (Lipinski definition) is 1. The van der Waals surface area contributed by atoms with Gasteiger partial charge >= 0.3 is 0 Å². The number of para-hydroxylation sites is 1. The minimum absolute atomic E-state index is 0.212. The summed E-state index contributed by atoms with van der Waals surface area (Å²) in [6, 6.07) is 14.9. The highest BCUT2D eigenvalue weighted by atomic mass is 19.1. The number of aliphatic hydroxyl groups is 1. The van der Waals surface area contributed by atoms with Crippen molar-refractivity contribution in [3.05, 3.63) is 84.0 Å². The fraction of sp³-hybridized carbons (Fsp3) is 0.200. The fourth-order valence-electron chi connectivity index (χ4n) is 2.92. The molecule has 0 bridgehead atoms. The standard InChI is InChI=1S/C20H20FNO/c1-15(23)5-4-6-17-14-22(20-8-3-2-7-19(17)20)13-16-9-11-18(21)12-10-16/h2-3,7-12,14,23H,1,4-6,13H2. The van der Waals surface area contributed by atoms with Gasteiger partial charge in [-0.05, 0) is 42.2 Å². The van der Waals surface area contributed by atoms with Crippen LogP contribution in [0.2, 0.25) is 0 Å². The smallest absolute Gasteiger partial charge is 0.123 e. The van der Waals surface area contributed by atoms with E-state index in [0.29, 0.717) is 13.0 Å². The zero-order chi connectivity index (χ0) is 16.2. The van der Waals surface area contributed by atoms with E-state index < -0.39 is 0 Å². The first-order chi connectivity index (χ1) is 11.1. The highest BCUT2D eigenvalue weighted by Gasteiger charge is 2.08. The Balaban J connectivity index is 1.87. The summed E-state index contributed by atoms with van der Waals surface area (Å²) in [7, 11) is 0. The number of nitrogens with zero attached hydrogens (tertiary/aromatic N) is 1. The molecule has 2 nitrogen and oxygen atoms in total. The molecule has 0 aliphatic heterocycles. The molecular weight excluding hydrogens is 289 g/mol. The van der Waals surface area contributed by atoms with Gasteiger partial charge in [0.25, 0.3) is 0 Å². The van der Waals surface area contributed by atoms with E-state index in [1.54, 1.807) is 0 Å². The molecule has 0 saturated heterocycles. The Morgan fingerprint density at radius 1 is 1.09 bits per heavy atom. The van der Waals surface area contributed by atoms with Crippen LogP contribution in [0.4, 0.5) is 4.39 Å². The Bertz CT molecular complexity index is 817. The zero-order valence-electron chi connectivity index (χ0n) is 13.0. The molecule has 23 heavy (non-hydrogen) atoms. The first kappa shape index (κ1) is 15.3. The molecule has 3 aromatic rings. The van der Waals surface area contributed by atoms with Gasteiger partial charge in [0.15, 0.2) is 0 Å². The molecule has 0 spiro atoms. The highest BCUT2D eigenvalue weighted by molar-refractivity contribution is 5.84. The minimum atomic E-state index is -0.212. The van der Waals surface area contributed by atoms with Crippen molar-refractivity contribution in [1.82, 2.24) is 4.57 Å². The van der Waals surface area contributed by atoms with Gasteiger partial charge in [-0.1, -0.05) is 36.9 Å². The van der Waals surface area contributed by atoms with Gasteiger partial charge in [-0.3, -0.25) is 0 Å². The number of halogens is 1. The lowest BCUT2D eigenvalue weighted by atomic mass is 10.1. The number of benzene rings is 2. The summed E-state index contributed by atoms with van der Waals surface area (Å²) in [4.78, 5) is 0. The first-order valence-corrected chi connectivity index (χ1v) is 7.81. The predicted octanol–water partition coefficient (Wildman–Crippen LogP) is 5.22. The van der Waals surface area contributed by atoms with Crippen molar-refractivity contribution in [3.63, 3.8) is 0 Å². The molecule has 1 N–H and O–H groups in total. The van der Waals surface area contributed by atoms with Crippen molar-refractivity contribution in [2.45, 2.75) is 25.8 Å². The van der Waals surface area contributed by atoms with Gasteiger partial charge in [-0.15, -0.1) is 0 Å². The lowest BCUT2D eigenvalue weighted by Crippen LogP contribution is -1.97. The van der Waals surface area contributed by atoms with Gasteiger partial charge in [0.1, 0.15) is 5.82 Å². The number of rotatable bonds is 6. The van der Waals surface area contributed by atoms with E-state index in [-0.39, 0.29) is 11.6 Å². The molecular formula is C20H20FNO. The van der Waals surface area contributed by atoms with Gasteiger partial charge in [0, 0.05) is 30.1 Å². The third-order valence-corrected chi connectivity index (χ3v) is 4.05. The van der Waals surface area contributed by atoms with Crippen LogP contribution in [0.25, 0.3) is 10.9 Å². The van der Waals surface area contributed by atoms with Crippen molar-refractivity contribution in [2.24, 2.45) is 0 Å². The van der Waals surface area contributed by atoms with Crippen LogP contribution in [-0.4, -0.2) is 9.67 Å². The molecule has 0 aliphatic carbocycles. The van der Waals surface area contributed by atoms with Crippen LogP contribution in [0.1, 0.15) is 24.0 Å². The number of allylic oxidation sites excluding steroid dienone is 1. The van der Waals surface area contributed by atoms with E-state index in [1.165, 1.54) is 28.6 Å². The minimum Gasteiger partial charge on any atom is -0.513 e. The highest BCUT2D eigenvalue weighted by Crippen LogP contribution is 2.24. The maximum Gasteiger partial charge on any atom is 0.123 e. The van der Waals surface area contributed by atoms with E-state index in [9.17, 15) is 9.50 Å². The van der Waals surface area contributed by atoms with Gasteiger partial charge in [-0.25, -0.2) is 4.39 Å². The number of aliphatic hydroxyl groups excluding tert-OH is 1. The molecule has 0 unspecified atom stereocenters. The summed E-state index contributed by atoms with van der Waals surface area (Å²) < 4.78 is 15.3. The summed E-state index contributed by atoms with van der Waals surface area (Å²) in [5, 5.41) is 10.5. The SMILES string of the molecule is C=C(O)CCCc1cn(Cc2ccc(F)cc2)c2ccccc12. The monoisotopic (exact) mass is 309 g/mol. The molecule has 1 aromatic heterocycles. The quantitative estimate of drug-likeness (QED) is 0.620. The zero-order valence-corrected chi connectivity index (χ0v) is 13.0. The summed E-state index contributed by atoms with van der Waals surface area (Å²) >= 11 is 0. The molecule has 1 heterocycles. The Morgan fingerprint density at radius 3 is 2.57 bits per heavy atom. The number of aryl methyl sites for hydroxylation is 1. The molecule has 3 rings (SSSR count). The lowest BCUT2D eigenvalue weighted by Gasteiger charge is -2.05. The molecule has 0 aliphatic rings. The molecule has 0 amide bonds. The van der Waals surface area contributed by atoms with E-state index in [4.69, 9.17) is 0 Å². The molecule has 3 heteroatoms. The normalized spacial score (nSPS) is 11.0. The average Bonchev–Trinajstić information content (AvgIpc) is 2.88.